The summed E-state index contributed by atoms with van der Waals surface area (Å²) in [5, 5.41) is 27.7. The maximum Gasteiger partial charge on any atom is 0.275 e. The minimum atomic E-state index is -1.25. The topological polar surface area (TPSA) is 112 Å². The second-order valence-corrected chi connectivity index (χ2v) is 7.08. The number of hydrogen-bond donors (Lipinski definition) is 2. The zero-order valence-electron chi connectivity index (χ0n) is 15.8. The molecule has 1 aromatic rings. The van der Waals surface area contributed by atoms with Crippen LogP contribution in [0.1, 0.15) is 49.5 Å². The van der Waals surface area contributed by atoms with Crippen molar-refractivity contribution >= 4 is 11.8 Å². The van der Waals surface area contributed by atoms with Crippen molar-refractivity contribution in [1.29, 1.82) is 0 Å². The molecule has 2 N–H and O–H groups in total. The molecule has 26 heavy (non-hydrogen) atoms. The molecule has 1 fully saturated rings. The third-order valence-electron chi connectivity index (χ3n) is 4.92. The predicted molar refractivity (Wildman–Crippen MR) is 94.3 cm³/mol. The first kappa shape index (κ1) is 20.3. The van der Waals surface area contributed by atoms with Crippen LogP contribution in [0, 0.1) is 0 Å². The summed E-state index contributed by atoms with van der Waals surface area (Å²) < 4.78 is 1.44. The minimum Gasteiger partial charge on any atom is -0.391 e. The molecule has 2 amide bonds. The van der Waals surface area contributed by atoms with Gasteiger partial charge in [0.25, 0.3) is 11.8 Å². The van der Waals surface area contributed by atoms with Gasteiger partial charge in [0.15, 0.2) is 5.69 Å². The predicted octanol–water partition coefficient (Wildman–Crippen LogP) is -0.115. The summed E-state index contributed by atoms with van der Waals surface area (Å²) in [6.45, 7) is 2.80. The van der Waals surface area contributed by atoms with Gasteiger partial charge in [0, 0.05) is 27.2 Å². The molecule has 1 atom stereocenters. The van der Waals surface area contributed by atoms with E-state index in [9.17, 15) is 19.8 Å². The Morgan fingerprint density at radius 2 is 1.88 bits per heavy atom. The van der Waals surface area contributed by atoms with Crippen LogP contribution in [0.5, 0.6) is 0 Å². The molecule has 0 radical (unpaired) electrons. The Labute approximate surface area is 153 Å². The van der Waals surface area contributed by atoms with Crippen LogP contribution in [0.2, 0.25) is 0 Å². The Hall–Kier alpha value is -2.00. The number of carbonyl (C=O) groups excluding carboxylic acids is 2. The van der Waals surface area contributed by atoms with E-state index in [4.69, 9.17) is 0 Å². The van der Waals surface area contributed by atoms with Crippen LogP contribution in [0.4, 0.5) is 0 Å². The van der Waals surface area contributed by atoms with Crippen LogP contribution < -0.4 is 0 Å². The van der Waals surface area contributed by atoms with E-state index >= 15 is 0 Å². The number of rotatable bonds is 8. The highest BCUT2D eigenvalue weighted by Crippen LogP contribution is 2.30. The van der Waals surface area contributed by atoms with Gasteiger partial charge in [-0.2, -0.15) is 0 Å². The summed E-state index contributed by atoms with van der Waals surface area (Å²) in [6.07, 6.45) is 4.28. The summed E-state index contributed by atoms with van der Waals surface area (Å²) >= 11 is 0. The summed E-state index contributed by atoms with van der Waals surface area (Å²) in [6, 6.07) is 0. The van der Waals surface area contributed by atoms with Crippen molar-refractivity contribution in [3.05, 3.63) is 11.9 Å². The lowest BCUT2D eigenvalue weighted by molar-refractivity contribution is -0.149. The molecule has 9 nitrogen and oxygen atoms in total. The summed E-state index contributed by atoms with van der Waals surface area (Å²) in [4.78, 5) is 27.7. The van der Waals surface area contributed by atoms with Gasteiger partial charge in [0.1, 0.15) is 5.60 Å². The highest BCUT2D eigenvalue weighted by atomic mass is 16.3. The van der Waals surface area contributed by atoms with E-state index in [1.165, 1.54) is 20.7 Å². The van der Waals surface area contributed by atoms with Crippen LogP contribution in [-0.2, 0) is 11.3 Å². The second-order valence-electron chi connectivity index (χ2n) is 7.08. The first-order valence-corrected chi connectivity index (χ1v) is 9.08. The number of aromatic nitrogens is 3. The molecule has 1 aliphatic rings. The first-order valence-electron chi connectivity index (χ1n) is 9.08. The van der Waals surface area contributed by atoms with E-state index in [1.54, 1.807) is 14.1 Å². The fourth-order valence-corrected chi connectivity index (χ4v) is 3.06. The van der Waals surface area contributed by atoms with Gasteiger partial charge >= 0.3 is 0 Å². The first-order chi connectivity index (χ1) is 12.3. The van der Waals surface area contributed by atoms with E-state index in [-0.39, 0.29) is 24.1 Å². The average Bonchev–Trinajstić information content (AvgIpc) is 3.27. The minimum absolute atomic E-state index is 0.194. The van der Waals surface area contributed by atoms with Crippen molar-refractivity contribution in [3.8, 4) is 0 Å². The Balaban J connectivity index is 1.86. The fraction of sp³-hybridized carbons (Fsp3) is 0.765. The second kappa shape index (κ2) is 8.59. The molecular weight excluding hydrogens is 338 g/mol. The molecule has 146 valence electrons. The highest BCUT2D eigenvalue weighted by Gasteiger charge is 2.40. The van der Waals surface area contributed by atoms with Crippen LogP contribution >= 0.6 is 0 Å². The molecule has 1 saturated carbocycles. The van der Waals surface area contributed by atoms with E-state index in [0.29, 0.717) is 32.4 Å². The molecule has 0 aromatic carbocycles. The molecule has 9 heteroatoms. The Morgan fingerprint density at radius 1 is 1.27 bits per heavy atom. The van der Waals surface area contributed by atoms with Crippen molar-refractivity contribution in [2.75, 3.05) is 27.2 Å². The number of amides is 2. The number of likely N-dealkylation sites (N-methyl/N-ethyl adjacent to an activating group) is 2. The summed E-state index contributed by atoms with van der Waals surface area (Å²) in [7, 11) is 3.27. The molecule has 1 heterocycles. The molecule has 0 bridgehead atoms. The van der Waals surface area contributed by atoms with Crippen molar-refractivity contribution in [2.24, 2.45) is 0 Å². The van der Waals surface area contributed by atoms with Gasteiger partial charge in [-0.25, -0.2) is 4.68 Å². The van der Waals surface area contributed by atoms with Crippen molar-refractivity contribution in [1.82, 2.24) is 24.8 Å². The lowest BCUT2D eigenvalue weighted by atomic mass is 10.0. The molecule has 0 saturated heterocycles. The van der Waals surface area contributed by atoms with Gasteiger partial charge in [-0.1, -0.05) is 12.1 Å². The third kappa shape index (κ3) is 4.79. The molecule has 1 unspecified atom stereocenters. The van der Waals surface area contributed by atoms with Crippen LogP contribution in [0.3, 0.4) is 0 Å². The summed E-state index contributed by atoms with van der Waals surface area (Å²) in [5.74, 6) is -0.585. The average molecular weight is 367 g/mol. The van der Waals surface area contributed by atoms with Crippen LogP contribution in [-0.4, -0.2) is 85.7 Å². The zero-order chi connectivity index (χ0) is 19.3. The van der Waals surface area contributed by atoms with E-state index in [2.05, 4.69) is 10.3 Å². The number of nitrogens with zero attached hydrogens (tertiary/aromatic N) is 5. The number of aliphatic hydroxyl groups is 2. The van der Waals surface area contributed by atoms with Crippen LogP contribution in [0.25, 0.3) is 0 Å². The Morgan fingerprint density at radius 3 is 2.50 bits per heavy atom. The fourth-order valence-electron chi connectivity index (χ4n) is 3.06. The van der Waals surface area contributed by atoms with Gasteiger partial charge in [0.2, 0.25) is 0 Å². The highest BCUT2D eigenvalue weighted by molar-refractivity contribution is 5.91. The normalized spacial score (nSPS) is 17.1. The number of carbonyl (C=O) groups is 2. The van der Waals surface area contributed by atoms with E-state index < -0.39 is 11.7 Å². The third-order valence-corrected chi connectivity index (χ3v) is 4.92. The van der Waals surface area contributed by atoms with Crippen molar-refractivity contribution in [2.45, 2.75) is 57.3 Å². The van der Waals surface area contributed by atoms with Crippen LogP contribution in [0.15, 0.2) is 6.20 Å². The maximum absolute atomic E-state index is 12.4. The largest absolute Gasteiger partial charge is 0.391 e. The monoisotopic (exact) mass is 367 g/mol. The zero-order valence-corrected chi connectivity index (χ0v) is 15.8. The quantitative estimate of drug-likeness (QED) is 0.663. The molecular formula is C17H29N5O4. The number of aliphatic hydroxyl groups excluding tert-OH is 1. The van der Waals surface area contributed by atoms with Gasteiger partial charge in [-0.15, -0.1) is 5.10 Å². The lowest BCUT2D eigenvalue weighted by Gasteiger charge is -2.29. The van der Waals surface area contributed by atoms with Gasteiger partial charge in [-0.3, -0.25) is 9.59 Å². The number of hydrogen-bond acceptors (Lipinski definition) is 6. The molecule has 0 spiro atoms. The van der Waals surface area contributed by atoms with Gasteiger partial charge in [0.05, 0.1) is 18.8 Å². The molecule has 1 aromatic heterocycles. The van der Waals surface area contributed by atoms with E-state index in [0.717, 1.165) is 12.8 Å². The SMILES string of the molecule is CCC(O)Cn1cc(C(=O)N(C)CCN(C)C(=O)C2(O)CCCC2)nn1. The summed E-state index contributed by atoms with van der Waals surface area (Å²) in [5.41, 5.74) is -1.06. The standard InChI is InChI=1S/C17H29N5O4/c1-4-13(23)11-22-12-14(18-19-22)15(24)20(2)9-10-21(3)16(25)17(26)7-5-6-8-17/h12-13,23,26H,4-11H2,1-3H3. The molecule has 1 aliphatic carbocycles. The maximum atomic E-state index is 12.4. The van der Waals surface area contributed by atoms with Gasteiger partial charge < -0.3 is 20.0 Å². The molecule has 2 rings (SSSR count). The lowest BCUT2D eigenvalue weighted by Crippen LogP contribution is -2.48. The van der Waals surface area contributed by atoms with E-state index in [1.807, 2.05) is 6.92 Å². The van der Waals surface area contributed by atoms with Crippen molar-refractivity contribution in [3.63, 3.8) is 0 Å². The molecule has 0 aliphatic heterocycles. The van der Waals surface area contributed by atoms with Crippen molar-refractivity contribution < 1.29 is 19.8 Å². The Bertz CT molecular complexity index is 626. The smallest absolute Gasteiger partial charge is 0.275 e. The Kier molecular flexibility index (Phi) is 6.71. The van der Waals surface area contributed by atoms with Gasteiger partial charge in [-0.05, 0) is 32.1 Å².